The van der Waals surface area contributed by atoms with Crippen LogP contribution < -0.4 is 15.4 Å². The number of benzene rings is 1. The Labute approximate surface area is 164 Å². The number of rotatable bonds is 8. The lowest BCUT2D eigenvalue weighted by Crippen LogP contribution is -2.49. The maximum Gasteiger partial charge on any atom is 0.191 e. The van der Waals surface area contributed by atoms with E-state index in [2.05, 4.69) is 29.4 Å². The number of likely N-dealkylation sites (tertiary alicyclic amines) is 1. The molecule has 1 unspecified atom stereocenters. The lowest BCUT2D eigenvalue weighted by Gasteiger charge is -2.40. The summed E-state index contributed by atoms with van der Waals surface area (Å²) in [5.41, 5.74) is 0.861. The molecule has 1 heterocycles. The van der Waals surface area contributed by atoms with Gasteiger partial charge in [-0.2, -0.15) is 0 Å². The minimum absolute atomic E-state index is 0.0359. The summed E-state index contributed by atoms with van der Waals surface area (Å²) in [7, 11) is 1.63. The number of aliphatic hydroxyl groups excluding tert-OH is 1. The number of aliphatic imine (C=N–C) groups is 1. The molecule has 1 saturated heterocycles. The molecule has 152 valence electrons. The van der Waals surface area contributed by atoms with Gasteiger partial charge in [-0.25, -0.2) is 0 Å². The highest BCUT2D eigenvalue weighted by Crippen LogP contribution is 2.21. The van der Waals surface area contributed by atoms with Crippen LogP contribution in [0.25, 0.3) is 0 Å². The standard InChI is InChI=1S/C21H36N4O2/c1-5-22-20(24-16-21(2,3)25-12-7-6-8-13-25)23-15-19(26)17-10-9-11-18(14-17)27-4/h9-11,14,19,26H,5-8,12-13,15-16H2,1-4H3,(H2,22,23,24). The van der Waals surface area contributed by atoms with Gasteiger partial charge in [-0.3, -0.25) is 9.89 Å². The SMILES string of the molecule is CCNC(=NCC(C)(C)N1CCCCC1)NCC(O)c1cccc(OC)c1. The van der Waals surface area contributed by atoms with Gasteiger partial charge in [0, 0.05) is 18.6 Å². The van der Waals surface area contributed by atoms with E-state index in [1.165, 1.54) is 19.3 Å². The number of guanidine groups is 1. The minimum atomic E-state index is -0.626. The van der Waals surface area contributed by atoms with Gasteiger partial charge in [0.1, 0.15) is 5.75 Å². The Kier molecular flexibility index (Phi) is 8.38. The number of methoxy groups -OCH3 is 1. The summed E-state index contributed by atoms with van der Waals surface area (Å²) in [5, 5.41) is 17.0. The van der Waals surface area contributed by atoms with Gasteiger partial charge >= 0.3 is 0 Å². The number of nitrogens with one attached hydrogen (secondary N) is 2. The van der Waals surface area contributed by atoms with Crippen molar-refractivity contribution < 1.29 is 9.84 Å². The second-order valence-electron chi connectivity index (χ2n) is 7.73. The monoisotopic (exact) mass is 376 g/mol. The van der Waals surface area contributed by atoms with E-state index in [1.807, 2.05) is 31.2 Å². The second-order valence-corrected chi connectivity index (χ2v) is 7.73. The molecule has 1 atom stereocenters. The Balaban J connectivity index is 1.94. The lowest BCUT2D eigenvalue weighted by molar-refractivity contribution is 0.102. The highest BCUT2D eigenvalue weighted by molar-refractivity contribution is 5.79. The van der Waals surface area contributed by atoms with Crippen molar-refractivity contribution in [2.24, 2.45) is 4.99 Å². The summed E-state index contributed by atoms with van der Waals surface area (Å²) in [6, 6.07) is 7.52. The van der Waals surface area contributed by atoms with E-state index in [9.17, 15) is 5.11 Å². The Morgan fingerprint density at radius 1 is 1.26 bits per heavy atom. The number of hydrogen-bond donors (Lipinski definition) is 3. The van der Waals surface area contributed by atoms with Crippen molar-refractivity contribution in [3.05, 3.63) is 29.8 Å². The van der Waals surface area contributed by atoms with Crippen molar-refractivity contribution in [1.82, 2.24) is 15.5 Å². The fourth-order valence-electron chi connectivity index (χ4n) is 3.37. The first-order chi connectivity index (χ1) is 13.0. The zero-order chi connectivity index (χ0) is 19.7. The average Bonchev–Trinajstić information content (AvgIpc) is 2.70. The third-order valence-corrected chi connectivity index (χ3v) is 5.12. The summed E-state index contributed by atoms with van der Waals surface area (Å²) in [6.45, 7) is 10.8. The van der Waals surface area contributed by atoms with Crippen LogP contribution in [0.4, 0.5) is 0 Å². The van der Waals surface area contributed by atoms with Crippen LogP contribution in [0.5, 0.6) is 5.75 Å². The van der Waals surface area contributed by atoms with E-state index in [-0.39, 0.29) is 5.54 Å². The topological polar surface area (TPSA) is 69.1 Å². The highest BCUT2D eigenvalue weighted by Gasteiger charge is 2.27. The third-order valence-electron chi connectivity index (χ3n) is 5.12. The van der Waals surface area contributed by atoms with E-state index in [0.717, 1.165) is 43.5 Å². The van der Waals surface area contributed by atoms with Gasteiger partial charge in [0.2, 0.25) is 0 Å². The zero-order valence-electron chi connectivity index (χ0n) is 17.3. The fourth-order valence-corrected chi connectivity index (χ4v) is 3.37. The Morgan fingerprint density at radius 2 is 2.00 bits per heavy atom. The minimum Gasteiger partial charge on any atom is -0.497 e. The molecule has 0 saturated carbocycles. The van der Waals surface area contributed by atoms with Crippen LogP contribution in [0.15, 0.2) is 29.3 Å². The van der Waals surface area contributed by atoms with Crippen LogP contribution in [0.3, 0.4) is 0 Å². The average molecular weight is 377 g/mol. The number of nitrogens with zero attached hydrogens (tertiary/aromatic N) is 2. The van der Waals surface area contributed by atoms with E-state index in [1.54, 1.807) is 7.11 Å². The summed E-state index contributed by atoms with van der Waals surface area (Å²) >= 11 is 0. The van der Waals surface area contributed by atoms with Crippen molar-refractivity contribution in [3.63, 3.8) is 0 Å². The zero-order valence-corrected chi connectivity index (χ0v) is 17.3. The third kappa shape index (κ3) is 6.70. The molecule has 0 spiro atoms. The van der Waals surface area contributed by atoms with Gasteiger partial charge in [-0.15, -0.1) is 0 Å². The van der Waals surface area contributed by atoms with E-state index < -0.39 is 6.10 Å². The van der Waals surface area contributed by atoms with Crippen molar-refractivity contribution in [3.8, 4) is 5.75 Å². The first-order valence-corrected chi connectivity index (χ1v) is 10.1. The molecule has 0 bridgehead atoms. The van der Waals surface area contributed by atoms with Crippen molar-refractivity contribution in [2.75, 3.05) is 39.8 Å². The second kappa shape index (κ2) is 10.5. The quantitative estimate of drug-likeness (QED) is 0.481. The fraction of sp³-hybridized carbons (Fsp3) is 0.667. The number of ether oxygens (including phenoxy) is 1. The van der Waals surface area contributed by atoms with E-state index in [0.29, 0.717) is 6.54 Å². The molecule has 1 fully saturated rings. The van der Waals surface area contributed by atoms with Gasteiger partial charge in [0.05, 0.1) is 19.8 Å². The molecule has 1 aromatic carbocycles. The van der Waals surface area contributed by atoms with Crippen LogP contribution in [0, 0.1) is 0 Å². The summed E-state index contributed by atoms with van der Waals surface area (Å²) in [4.78, 5) is 7.31. The molecule has 6 heteroatoms. The predicted octanol–water partition coefficient (Wildman–Crippen LogP) is 2.55. The van der Waals surface area contributed by atoms with Gasteiger partial charge in [0.25, 0.3) is 0 Å². The number of piperidine rings is 1. The van der Waals surface area contributed by atoms with Crippen LogP contribution in [0.2, 0.25) is 0 Å². The van der Waals surface area contributed by atoms with E-state index in [4.69, 9.17) is 9.73 Å². The van der Waals surface area contributed by atoms with Crippen LogP contribution in [0.1, 0.15) is 51.7 Å². The normalized spacial score (nSPS) is 17.4. The lowest BCUT2D eigenvalue weighted by atomic mass is 9.99. The first-order valence-electron chi connectivity index (χ1n) is 10.1. The molecule has 2 rings (SSSR count). The predicted molar refractivity (Wildman–Crippen MR) is 111 cm³/mol. The molecule has 27 heavy (non-hydrogen) atoms. The summed E-state index contributed by atoms with van der Waals surface area (Å²) < 4.78 is 5.23. The molecule has 1 aromatic rings. The molecule has 6 nitrogen and oxygen atoms in total. The van der Waals surface area contributed by atoms with Gasteiger partial charge in [0.15, 0.2) is 5.96 Å². The van der Waals surface area contributed by atoms with Gasteiger partial charge in [-0.05, 0) is 64.4 Å². The maximum atomic E-state index is 10.5. The van der Waals surface area contributed by atoms with Crippen LogP contribution >= 0.6 is 0 Å². The highest BCUT2D eigenvalue weighted by atomic mass is 16.5. The van der Waals surface area contributed by atoms with Crippen LogP contribution in [-0.4, -0.2) is 61.3 Å². The van der Waals surface area contributed by atoms with Crippen molar-refractivity contribution >= 4 is 5.96 Å². The maximum absolute atomic E-state index is 10.5. The summed E-state index contributed by atoms with van der Waals surface area (Å²) in [5.74, 6) is 1.49. The number of hydrogen-bond acceptors (Lipinski definition) is 4. The molecule has 0 radical (unpaired) electrons. The molecule has 1 aliphatic heterocycles. The van der Waals surface area contributed by atoms with Gasteiger partial charge < -0.3 is 20.5 Å². The first kappa shape index (κ1) is 21.5. The van der Waals surface area contributed by atoms with Crippen LogP contribution in [-0.2, 0) is 0 Å². The largest absolute Gasteiger partial charge is 0.497 e. The molecular weight excluding hydrogens is 340 g/mol. The molecule has 0 aliphatic carbocycles. The van der Waals surface area contributed by atoms with E-state index >= 15 is 0 Å². The molecule has 1 aliphatic rings. The van der Waals surface area contributed by atoms with Gasteiger partial charge in [-0.1, -0.05) is 18.6 Å². The smallest absolute Gasteiger partial charge is 0.191 e. The molecule has 0 aromatic heterocycles. The number of aliphatic hydroxyl groups is 1. The Morgan fingerprint density at radius 3 is 2.67 bits per heavy atom. The molecular formula is C21H36N4O2. The van der Waals surface area contributed by atoms with Crippen molar-refractivity contribution in [1.29, 1.82) is 0 Å². The molecule has 3 N–H and O–H groups in total. The summed E-state index contributed by atoms with van der Waals surface area (Å²) in [6.07, 6.45) is 3.26. The van der Waals surface area contributed by atoms with Crippen molar-refractivity contribution in [2.45, 2.75) is 51.7 Å². The molecule has 0 amide bonds. The Hall–Kier alpha value is -1.79. The Bertz CT molecular complexity index is 598.